The van der Waals surface area contributed by atoms with E-state index in [2.05, 4.69) is 6.58 Å². The molecule has 2 rings (SSSR count). The number of unbranched alkanes of at least 4 members (excludes halogenated alkanes) is 1. The summed E-state index contributed by atoms with van der Waals surface area (Å²) in [5, 5.41) is 9.47. The van der Waals surface area contributed by atoms with Crippen molar-refractivity contribution in [1.29, 1.82) is 0 Å². The molecule has 0 saturated heterocycles. The topological polar surface area (TPSA) is 87.1 Å². The molecule has 0 spiro atoms. The van der Waals surface area contributed by atoms with Gasteiger partial charge in [-0.3, -0.25) is 9.69 Å². The Morgan fingerprint density at radius 3 is 2.33 bits per heavy atom. The van der Waals surface area contributed by atoms with Crippen molar-refractivity contribution in [3.8, 4) is 0 Å². The van der Waals surface area contributed by atoms with Crippen LogP contribution in [0.1, 0.15) is 39.1 Å². The maximum atomic E-state index is 12.8. The van der Waals surface area contributed by atoms with Gasteiger partial charge in [0.05, 0.1) is 5.56 Å². The number of anilines is 1. The van der Waals surface area contributed by atoms with Crippen LogP contribution in [0.3, 0.4) is 0 Å². The largest absolute Gasteiger partial charge is 0.478 e. The number of nitrogens with zero attached hydrogens (tertiary/aromatic N) is 2. The number of carboxylic acid groups (broad SMARTS) is 1. The first-order chi connectivity index (χ1) is 14.3. The van der Waals surface area contributed by atoms with E-state index in [1.807, 2.05) is 30.3 Å². The predicted octanol–water partition coefficient (Wildman–Crippen LogP) is 4.20. The Balaban J connectivity index is 2.36. The summed E-state index contributed by atoms with van der Waals surface area (Å²) in [4.78, 5) is 39.6. The van der Waals surface area contributed by atoms with E-state index < -0.39 is 12.1 Å². The lowest BCUT2D eigenvalue weighted by atomic mass is 10.1. The molecular weight excluding hydrogens is 384 g/mol. The predicted molar refractivity (Wildman–Crippen MR) is 115 cm³/mol. The fourth-order valence-corrected chi connectivity index (χ4v) is 2.79. The summed E-state index contributed by atoms with van der Waals surface area (Å²) in [7, 11) is 3.15. The quantitative estimate of drug-likeness (QED) is 0.495. The van der Waals surface area contributed by atoms with Crippen molar-refractivity contribution in [2.24, 2.45) is 0 Å². The van der Waals surface area contributed by atoms with Gasteiger partial charge in [0.1, 0.15) is 6.61 Å². The van der Waals surface area contributed by atoms with E-state index in [1.165, 1.54) is 28.0 Å². The van der Waals surface area contributed by atoms with Crippen molar-refractivity contribution in [1.82, 2.24) is 4.90 Å². The second kappa shape index (κ2) is 10.8. The van der Waals surface area contributed by atoms with Gasteiger partial charge in [-0.15, -0.1) is 6.58 Å². The van der Waals surface area contributed by atoms with Crippen LogP contribution in [-0.2, 0) is 11.3 Å². The van der Waals surface area contributed by atoms with Crippen LogP contribution in [-0.4, -0.2) is 48.6 Å². The highest BCUT2D eigenvalue weighted by molar-refractivity contribution is 6.00. The molecule has 1 N–H and O–H groups in total. The molecule has 0 fully saturated rings. The number of ether oxygens (including phenoxy) is 1. The van der Waals surface area contributed by atoms with Crippen molar-refractivity contribution in [3.63, 3.8) is 0 Å². The first-order valence-corrected chi connectivity index (χ1v) is 9.52. The van der Waals surface area contributed by atoms with Gasteiger partial charge in [-0.2, -0.15) is 0 Å². The van der Waals surface area contributed by atoms with E-state index in [4.69, 9.17) is 4.74 Å². The van der Waals surface area contributed by atoms with Crippen LogP contribution in [0.2, 0.25) is 0 Å². The minimum Gasteiger partial charge on any atom is -0.478 e. The average molecular weight is 410 g/mol. The number of carbonyl (C=O) groups is 3. The number of allylic oxidation sites excluding steroid dienone is 1. The first kappa shape index (κ1) is 22.7. The van der Waals surface area contributed by atoms with Gasteiger partial charge >= 0.3 is 12.1 Å². The molecule has 0 aliphatic rings. The summed E-state index contributed by atoms with van der Waals surface area (Å²) < 4.78 is 5.44. The minimum absolute atomic E-state index is 0.0812. The zero-order valence-corrected chi connectivity index (χ0v) is 17.2. The van der Waals surface area contributed by atoms with Gasteiger partial charge in [0.15, 0.2) is 0 Å². The highest BCUT2D eigenvalue weighted by Gasteiger charge is 2.21. The van der Waals surface area contributed by atoms with Crippen LogP contribution >= 0.6 is 0 Å². The smallest absolute Gasteiger partial charge is 0.414 e. The van der Waals surface area contributed by atoms with Gasteiger partial charge in [-0.25, -0.2) is 9.59 Å². The average Bonchev–Trinajstić information content (AvgIpc) is 2.74. The second-order valence-electron chi connectivity index (χ2n) is 6.90. The van der Waals surface area contributed by atoms with E-state index in [0.29, 0.717) is 18.5 Å². The Labute approximate surface area is 176 Å². The van der Waals surface area contributed by atoms with E-state index in [-0.39, 0.29) is 30.2 Å². The van der Waals surface area contributed by atoms with Crippen molar-refractivity contribution in [3.05, 3.63) is 77.9 Å². The molecule has 2 aromatic carbocycles. The van der Waals surface area contributed by atoms with Crippen LogP contribution in [0.4, 0.5) is 10.5 Å². The summed E-state index contributed by atoms with van der Waals surface area (Å²) >= 11 is 0. The number of hydrogen-bond acceptors (Lipinski definition) is 4. The molecule has 0 aromatic heterocycles. The molecular formula is C23H26N2O5. The Bertz CT molecular complexity index is 909. The number of rotatable bonds is 9. The molecule has 7 nitrogen and oxygen atoms in total. The van der Waals surface area contributed by atoms with Gasteiger partial charge in [-0.05, 0) is 36.6 Å². The standard InChI is InChI=1S/C23H26N2O5/c1-4-5-9-12-25(23(29)30-16-17-10-7-6-8-11-17)20-14-18(21(26)24(2)3)13-19(15-20)22(27)28/h4,6-8,10-11,13-15H,1,5,9,12,16H2,2-3H3,(H,27,28). The maximum absolute atomic E-state index is 12.8. The normalized spacial score (nSPS) is 10.2. The lowest BCUT2D eigenvalue weighted by Gasteiger charge is -2.23. The fourth-order valence-electron chi connectivity index (χ4n) is 2.79. The number of aromatic carboxylic acids is 1. The van der Waals surface area contributed by atoms with Crippen molar-refractivity contribution in [2.75, 3.05) is 25.5 Å². The van der Waals surface area contributed by atoms with Gasteiger partial charge in [-0.1, -0.05) is 36.4 Å². The minimum atomic E-state index is -1.19. The van der Waals surface area contributed by atoms with Gasteiger partial charge in [0.25, 0.3) is 5.91 Å². The highest BCUT2D eigenvalue weighted by atomic mass is 16.6. The highest BCUT2D eigenvalue weighted by Crippen LogP contribution is 2.22. The Kier molecular flexibility index (Phi) is 8.17. The van der Waals surface area contributed by atoms with Crippen molar-refractivity contribution in [2.45, 2.75) is 19.4 Å². The summed E-state index contributed by atoms with van der Waals surface area (Å²) in [6.07, 6.45) is 2.40. The Hall–Kier alpha value is -3.61. The second-order valence-corrected chi connectivity index (χ2v) is 6.90. The first-order valence-electron chi connectivity index (χ1n) is 9.52. The maximum Gasteiger partial charge on any atom is 0.414 e. The van der Waals surface area contributed by atoms with E-state index in [1.54, 1.807) is 20.2 Å². The molecule has 0 atom stereocenters. The number of carbonyl (C=O) groups excluding carboxylic acids is 2. The van der Waals surface area contributed by atoms with Crippen LogP contribution in [0, 0.1) is 0 Å². The fraction of sp³-hybridized carbons (Fsp3) is 0.261. The lowest BCUT2D eigenvalue weighted by Crippen LogP contribution is -2.33. The van der Waals surface area contributed by atoms with Crippen molar-refractivity contribution >= 4 is 23.7 Å². The van der Waals surface area contributed by atoms with Gasteiger partial charge in [0, 0.05) is 31.9 Å². The van der Waals surface area contributed by atoms with E-state index >= 15 is 0 Å². The zero-order valence-electron chi connectivity index (χ0n) is 17.2. The monoisotopic (exact) mass is 410 g/mol. The van der Waals surface area contributed by atoms with Gasteiger partial charge < -0.3 is 14.7 Å². The summed E-state index contributed by atoms with van der Waals surface area (Å²) in [6, 6.07) is 13.4. The molecule has 158 valence electrons. The molecule has 2 aromatic rings. The number of carboxylic acids is 1. The molecule has 7 heteroatoms. The summed E-state index contributed by atoms with van der Waals surface area (Å²) in [6.45, 7) is 4.06. The Morgan fingerprint density at radius 2 is 1.73 bits per heavy atom. The van der Waals surface area contributed by atoms with Crippen LogP contribution in [0.5, 0.6) is 0 Å². The molecule has 2 amide bonds. The molecule has 0 aliphatic carbocycles. The molecule has 0 radical (unpaired) electrons. The molecule has 0 unspecified atom stereocenters. The Morgan fingerprint density at radius 1 is 1.07 bits per heavy atom. The van der Waals surface area contributed by atoms with E-state index in [0.717, 1.165) is 5.56 Å². The molecule has 0 saturated carbocycles. The van der Waals surface area contributed by atoms with Crippen LogP contribution in [0.25, 0.3) is 0 Å². The third-order valence-corrected chi connectivity index (χ3v) is 4.35. The third kappa shape index (κ3) is 6.20. The summed E-state index contributed by atoms with van der Waals surface area (Å²) in [5.41, 5.74) is 1.23. The molecule has 30 heavy (non-hydrogen) atoms. The number of hydrogen-bond donors (Lipinski definition) is 1. The molecule has 0 aliphatic heterocycles. The molecule has 0 heterocycles. The van der Waals surface area contributed by atoms with Gasteiger partial charge in [0.2, 0.25) is 0 Å². The lowest BCUT2D eigenvalue weighted by molar-refractivity contribution is 0.0696. The number of benzene rings is 2. The van der Waals surface area contributed by atoms with E-state index in [9.17, 15) is 19.5 Å². The summed E-state index contributed by atoms with van der Waals surface area (Å²) in [5.74, 6) is -1.55. The zero-order chi connectivity index (χ0) is 22.1. The van der Waals surface area contributed by atoms with Crippen LogP contribution in [0.15, 0.2) is 61.2 Å². The number of amides is 2. The molecule has 0 bridgehead atoms. The van der Waals surface area contributed by atoms with Crippen LogP contribution < -0.4 is 4.90 Å². The SMILES string of the molecule is C=CCCCN(C(=O)OCc1ccccc1)c1cc(C(=O)O)cc(C(=O)N(C)C)c1. The van der Waals surface area contributed by atoms with Crippen molar-refractivity contribution < 1.29 is 24.2 Å². The third-order valence-electron chi connectivity index (χ3n) is 4.35.